The molecule has 1 aromatic heterocycles. The first kappa shape index (κ1) is 21.3. The first-order chi connectivity index (χ1) is 15.4. The Kier molecular flexibility index (Phi) is 6.03. The lowest BCUT2D eigenvalue weighted by molar-refractivity contribution is 0.102. The number of hydrogen-bond acceptors (Lipinski definition) is 5. The first-order valence-corrected chi connectivity index (χ1v) is 10.6. The summed E-state index contributed by atoms with van der Waals surface area (Å²) in [6, 6.07) is 19.0. The zero-order valence-electron chi connectivity index (χ0n) is 18.6. The number of aryl methyl sites for hydroxylation is 1. The summed E-state index contributed by atoms with van der Waals surface area (Å²) >= 11 is 0. The lowest BCUT2D eigenvalue weighted by Crippen LogP contribution is -2.12. The van der Waals surface area contributed by atoms with E-state index in [0.29, 0.717) is 29.1 Å². The molecule has 0 aliphatic rings. The molecule has 162 valence electrons. The number of anilines is 2. The van der Waals surface area contributed by atoms with Gasteiger partial charge in [0.15, 0.2) is 0 Å². The molecule has 0 radical (unpaired) electrons. The molecule has 4 aromatic rings. The molecule has 2 N–H and O–H groups in total. The van der Waals surface area contributed by atoms with Gasteiger partial charge < -0.3 is 15.4 Å². The molecule has 0 aliphatic heterocycles. The van der Waals surface area contributed by atoms with E-state index in [-0.39, 0.29) is 5.91 Å². The third-order valence-electron chi connectivity index (χ3n) is 5.32. The predicted molar refractivity (Wildman–Crippen MR) is 129 cm³/mol. The summed E-state index contributed by atoms with van der Waals surface area (Å²) in [7, 11) is 1.75. The van der Waals surface area contributed by atoms with Gasteiger partial charge in [-0.05, 0) is 71.1 Å². The van der Waals surface area contributed by atoms with Crippen LogP contribution in [0.15, 0.2) is 66.9 Å². The number of hydrogen-bond donors (Lipinski definition) is 2. The third kappa shape index (κ3) is 4.54. The maximum Gasteiger partial charge on any atom is 0.256 e. The van der Waals surface area contributed by atoms with E-state index in [0.717, 1.165) is 16.5 Å². The molecule has 0 spiro atoms. The van der Waals surface area contributed by atoms with Gasteiger partial charge in [0.2, 0.25) is 11.8 Å². The molecule has 1 amide bonds. The largest absolute Gasteiger partial charge is 0.439 e. The van der Waals surface area contributed by atoms with Gasteiger partial charge in [0.05, 0.1) is 0 Å². The van der Waals surface area contributed by atoms with Crippen LogP contribution in [0.25, 0.3) is 10.8 Å². The van der Waals surface area contributed by atoms with Crippen LogP contribution in [0.1, 0.15) is 41.3 Å². The minimum atomic E-state index is -0.143. The van der Waals surface area contributed by atoms with Crippen molar-refractivity contribution < 1.29 is 9.53 Å². The van der Waals surface area contributed by atoms with Gasteiger partial charge in [-0.1, -0.05) is 32.0 Å². The van der Waals surface area contributed by atoms with Crippen molar-refractivity contribution in [1.82, 2.24) is 9.97 Å². The first-order valence-electron chi connectivity index (χ1n) is 10.6. The van der Waals surface area contributed by atoms with Gasteiger partial charge in [-0.15, -0.1) is 0 Å². The second-order valence-corrected chi connectivity index (χ2v) is 7.94. The van der Waals surface area contributed by atoms with Gasteiger partial charge in [-0.25, -0.2) is 4.98 Å². The molecule has 0 aliphatic carbocycles. The summed E-state index contributed by atoms with van der Waals surface area (Å²) in [5.74, 6) is 1.87. The Morgan fingerprint density at radius 3 is 2.62 bits per heavy atom. The highest BCUT2D eigenvalue weighted by molar-refractivity contribution is 6.13. The summed E-state index contributed by atoms with van der Waals surface area (Å²) < 4.78 is 5.88. The van der Waals surface area contributed by atoms with Crippen LogP contribution < -0.4 is 15.4 Å². The number of fused-ring (bicyclic) bond motifs is 1. The van der Waals surface area contributed by atoms with Gasteiger partial charge in [0.1, 0.15) is 5.75 Å². The highest BCUT2D eigenvalue weighted by atomic mass is 16.5. The van der Waals surface area contributed by atoms with Crippen LogP contribution in [0.3, 0.4) is 0 Å². The molecular formula is C26H26N4O2. The number of nitrogens with one attached hydrogen (secondary N) is 2. The van der Waals surface area contributed by atoms with Crippen molar-refractivity contribution in [2.24, 2.45) is 0 Å². The maximum atomic E-state index is 13.0. The second-order valence-electron chi connectivity index (χ2n) is 7.94. The monoisotopic (exact) mass is 426 g/mol. The molecule has 6 nitrogen and oxygen atoms in total. The highest BCUT2D eigenvalue weighted by Crippen LogP contribution is 2.28. The number of aromatic nitrogens is 2. The number of nitrogens with zero attached hydrogens (tertiary/aromatic N) is 2. The maximum absolute atomic E-state index is 13.0. The van der Waals surface area contributed by atoms with Gasteiger partial charge in [0.25, 0.3) is 5.91 Å². The van der Waals surface area contributed by atoms with Gasteiger partial charge in [0, 0.05) is 30.6 Å². The Morgan fingerprint density at radius 1 is 1.03 bits per heavy atom. The van der Waals surface area contributed by atoms with E-state index in [9.17, 15) is 4.79 Å². The van der Waals surface area contributed by atoms with E-state index in [4.69, 9.17) is 4.74 Å². The van der Waals surface area contributed by atoms with Crippen LogP contribution in [0, 0.1) is 6.92 Å². The Morgan fingerprint density at radius 2 is 1.88 bits per heavy atom. The molecule has 0 saturated carbocycles. The number of carbonyl (C=O) groups is 1. The second kappa shape index (κ2) is 9.06. The fourth-order valence-electron chi connectivity index (χ4n) is 3.76. The predicted octanol–water partition coefficient (Wildman–Crippen LogP) is 6.15. The quantitative estimate of drug-likeness (QED) is 0.387. The Balaban J connectivity index is 1.58. The van der Waals surface area contributed by atoms with Crippen molar-refractivity contribution in [3.05, 3.63) is 83.6 Å². The van der Waals surface area contributed by atoms with E-state index in [1.54, 1.807) is 19.3 Å². The van der Waals surface area contributed by atoms with Crippen LogP contribution in [-0.2, 0) is 0 Å². The standard InChI is InChI=1S/C26H26N4O2/c1-16(2)21-10-8-19(14-17(21)3)29-25(31)23-7-5-6-18-15-20(9-11-22(18)23)32-24-12-13-28-26(27-4)30-24/h5-16H,1-4H3,(H,29,31)(H,27,28,30). The van der Waals surface area contributed by atoms with E-state index in [2.05, 4.69) is 47.4 Å². The Bertz CT molecular complexity index is 1280. The summed E-state index contributed by atoms with van der Waals surface area (Å²) in [5, 5.41) is 7.68. The van der Waals surface area contributed by atoms with Crippen molar-refractivity contribution in [3.63, 3.8) is 0 Å². The van der Waals surface area contributed by atoms with E-state index in [1.165, 1.54) is 11.1 Å². The summed E-state index contributed by atoms with van der Waals surface area (Å²) in [6.07, 6.45) is 1.63. The zero-order chi connectivity index (χ0) is 22.7. The van der Waals surface area contributed by atoms with Crippen molar-refractivity contribution in [1.29, 1.82) is 0 Å². The number of rotatable bonds is 6. The van der Waals surface area contributed by atoms with Crippen LogP contribution >= 0.6 is 0 Å². The van der Waals surface area contributed by atoms with Crippen molar-refractivity contribution in [2.75, 3.05) is 17.7 Å². The average Bonchev–Trinajstić information content (AvgIpc) is 2.78. The molecule has 32 heavy (non-hydrogen) atoms. The summed E-state index contributed by atoms with van der Waals surface area (Å²) in [4.78, 5) is 21.4. The summed E-state index contributed by atoms with van der Waals surface area (Å²) in [5.41, 5.74) is 3.85. The van der Waals surface area contributed by atoms with E-state index in [1.807, 2.05) is 48.5 Å². The van der Waals surface area contributed by atoms with Crippen molar-refractivity contribution in [2.45, 2.75) is 26.7 Å². The smallest absolute Gasteiger partial charge is 0.256 e. The molecule has 3 aromatic carbocycles. The van der Waals surface area contributed by atoms with Gasteiger partial charge in [-0.3, -0.25) is 4.79 Å². The highest BCUT2D eigenvalue weighted by Gasteiger charge is 2.13. The number of amides is 1. The lowest BCUT2D eigenvalue weighted by Gasteiger charge is -2.13. The molecule has 0 bridgehead atoms. The van der Waals surface area contributed by atoms with Gasteiger partial charge >= 0.3 is 0 Å². The van der Waals surface area contributed by atoms with Crippen molar-refractivity contribution in [3.8, 4) is 11.6 Å². The SMILES string of the molecule is CNc1nccc(Oc2ccc3c(C(=O)Nc4ccc(C(C)C)c(C)c4)cccc3c2)n1. The number of carbonyl (C=O) groups excluding carboxylic acids is 1. The van der Waals surface area contributed by atoms with E-state index >= 15 is 0 Å². The number of ether oxygens (including phenoxy) is 1. The lowest BCUT2D eigenvalue weighted by atomic mass is 9.97. The third-order valence-corrected chi connectivity index (χ3v) is 5.32. The van der Waals surface area contributed by atoms with Crippen LogP contribution in [-0.4, -0.2) is 22.9 Å². The summed E-state index contributed by atoms with van der Waals surface area (Å²) in [6.45, 7) is 6.40. The molecule has 1 heterocycles. The number of benzene rings is 3. The molecule has 0 atom stereocenters. The minimum absolute atomic E-state index is 0.143. The molecule has 0 saturated heterocycles. The Hall–Kier alpha value is -3.93. The molecule has 0 unspecified atom stereocenters. The van der Waals surface area contributed by atoms with Gasteiger partial charge in [-0.2, -0.15) is 4.98 Å². The molecule has 6 heteroatoms. The average molecular weight is 427 g/mol. The minimum Gasteiger partial charge on any atom is -0.439 e. The fourth-order valence-corrected chi connectivity index (χ4v) is 3.76. The normalized spacial score (nSPS) is 10.9. The van der Waals surface area contributed by atoms with Crippen molar-refractivity contribution >= 4 is 28.3 Å². The molecule has 4 rings (SSSR count). The molecule has 0 fully saturated rings. The van der Waals surface area contributed by atoms with Crippen LogP contribution in [0.4, 0.5) is 11.6 Å². The fraction of sp³-hybridized carbons (Fsp3) is 0.192. The van der Waals surface area contributed by atoms with Crippen LogP contribution in [0.5, 0.6) is 11.6 Å². The molecular weight excluding hydrogens is 400 g/mol. The van der Waals surface area contributed by atoms with Crippen LogP contribution in [0.2, 0.25) is 0 Å². The zero-order valence-corrected chi connectivity index (χ0v) is 18.6. The Labute approximate surface area is 187 Å². The topological polar surface area (TPSA) is 76.1 Å². The van der Waals surface area contributed by atoms with E-state index < -0.39 is 0 Å².